The highest BCUT2D eigenvalue weighted by molar-refractivity contribution is 6.02. The van der Waals surface area contributed by atoms with Crippen molar-refractivity contribution >= 4 is 17.6 Å². The largest absolute Gasteiger partial charge is 0.461 e. The number of benzene rings is 2. The molecule has 0 aromatic heterocycles. The van der Waals surface area contributed by atoms with Gasteiger partial charge >= 0.3 is 5.97 Å². The number of hydrogen-bond acceptors (Lipinski definition) is 4. The van der Waals surface area contributed by atoms with E-state index in [0.29, 0.717) is 18.5 Å². The third-order valence-electron chi connectivity index (χ3n) is 4.09. The van der Waals surface area contributed by atoms with Gasteiger partial charge in [-0.25, -0.2) is 9.40 Å². The van der Waals surface area contributed by atoms with Gasteiger partial charge in [0.1, 0.15) is 12.4 Å². The second-order valence-electron chi connectivity index (χ2n) is 5.93. The summed E-state index contributed by atoms with van der Waals surface area (Å²) >= 11 is 0. The third-order valence-corrected chi connectivity index (χ3v) is 4.09. The summed E-state index contributed by atoms with van der Waals surface area (Å²) in [5.74, 6) is -1.18. The molecule has 0 unspecified atom stereocenters. The average Bonchev–Trinajstić information content (AvgIpc) is 3.16. The van der Waals surface area contributed by atoms with Crippen molar-refractivity contribution in [2.24, 2.45) is 5.10 Å². The molecule has 0 saturated carbocycles. The first-order chi connectivity index (χ1) is 12.6. The Morgan fingerprint density at radius 3 is 2.54 bits per heavy atom. The molecule has 0 spiro atoms. The van der Waals surface area contributed by atoms with Crippen LogP contribution in [0.2, 0.25) is 0 Å². The lowest BCUT2D eigenvalue weighted by Gasteiger charge is -2.11. The molecule has 134 valence electrons. The molecule has 0 atom stereocenters. The van der Waals surface area contributed by atoms with Gasteiger partial charge in [0.25, 0.3) is 0 Å². The van der Waals surface area contributed by atoms with E-state index in [1.165, 1.54) is 11.1 Å². The van der Waals surface area contributed by atoms with Crippen LogP contribution < -0.4 is 0 Å². The Kier molecular flexibility index (Phi) is 5.73. The van der Waals surface area contributed by atoms with E-state index in [-0.39, 0.29) is 25.4 Å². The zero-order valence-electron chi connectivity index (χ0n) is 14.2. The van der Waals surface area contributed by atoms with Crippen LogP contribution in [0.25, 0.3) is 0 Å². The van der Waals surface area contributed by atoms with Gasteiger partial charge in [-0.05, 0) is 11.6 Å². The van der Waals surface area contributed by atoms with E-state index in [9.17, 15) is 14.0 Å². The van der Waals surface area contributed by atoms with Crippen molar-refractivity contribution in [2.75, 3.05) is 6.54 Å². The van der Waals surface area contributed by atoms with Crippen molar-refractivity contribution in [3.63, 3.8) is 0 Å². The molecule has 0 bridgehead atoms. The summed E-state index contributed by atoms with van der Waals surface area (Å²) in [6, 6.07) is 15.8. The number of ether oxygens (including phenoxy) is 1. The van der Waals surface area contributed by atoms with Crippen molar-refractivity contribution < 1.29 is 18.7 Å². The number of nitrogens with zero attached hydrogens (tertiary/aromatic N) is 2. The van der Waals surface area contributed by atoms with Crippen molar-refractivity contribution in [1.82, 2.24) is 5.01 Å². The zero-order chi connectivity index (χ0) is 18.4. The number of halogens is 1. The van der Waals surface area contributed by atoms with Gasteiger partial charge < -0.3 is 4.74 Å². The monoisotopic (exact) mass is 354 g/mol. The van der Waals surface area contributed by atoms with Crippen LogP contribution in [-0.4, -0.2) is 29.1 Å². The Hall–Kier alpha value is -3.02. The van der Waals surface area contributed by atoms with Gasteiger partial charge in [-0.1, -0.05) is 48.5 Å². The molecule has 6 heteroatoms. The number of hydrazone groups is 1. The minimum atomic E-state index is -0.534. The first-order valence-electron chi connectivity index (χ1n) is 8.46. The lowest BCUT2D eigenvalue weighted by molar-refractivity contribution is -0.147. The van der Waals surface area contributed by atoms with Gasteiger partial charge in [0.15, 0.2) is 0 Å². The van der Waals surface area contributed by atoms with Crippen LogP contribution in [0.3, 0.4) is 0 Å². The summed E-state index contributed by atoms with van der Waals surface area (Å²) in [4.78, 5) is 24.0. The number of rotatable bonds is 6. The molecule has 1 aliphatic heterocycles. The van der Waals surface area contributed by atoms with Crippen molar-refractivity contribution in [3.05, 3.63) is 71.5 Å². The average molecular weight is 354 g/mol. The summed E-state index contributed by atoms with van der Waals surface area (Å²) < 4.78 is 18.5. The molecule has 1 aliphatic rings. The highest BCUT2D eigenvalue weighted by Crippen LogP contribution is 2.15. The number of esters is 1. The minimum absolute atomic E-state index is 0.0156. The maximum atomic E-state index is 13.5. The summed E-state index contributed by atoms with van der Waals surface area (Å²) in [5, 5.41) is 5.74. The molecule has 5 nitrogen and oxygen atoms in total. The molecule has 0 N–H and O–H groups in total. The lowest BCUT2D eigenvalue weighted by Crippen LogP contribution is -2.24. The Morgan fingerprint density at radius 1 is 1.04 bits per heavy atom. The zero-order valence-corrected chi connectivity index (χ0v) is 14.2. The van der Waals surface area contributed by atoms with Crippen LogP contribution in [0.4, 0.5) is 4.39 Å². The minimum Gasteiger partial charge on any atom is -0.461 e. The van der Waals surface area contributed by atoms with E-state index < -0.39 is 11.8 Å². The lowest BCUT2D eigenvalue weighted by atomic mass is 10.1. The molecule has 2 aromatic rings. The van der Waals surface area contributed by atoms with Crippen LogP contribution in [0.5, 0.6) is 0 Å². The topological polar surface area (TPSA) is 59.0 Å². The van der Waals surface area contributed by atoms with E-state index in [1.54, 1.807) is 18.2 Å². The predicted molar refractivity (Wildman–Crippen MR) is 94.7 cm³/mol. The Morgan fingerprint density at radius 2 is 1.77 bits per heavy atom. The normalized spacial score (nSPS) is 13.4. The molecule has 26 heavy (non-hydrogen) atoms. The fourth-order valence-electron chi connectivity index (χ4n) is 2.65. The van der Waals surface area contributed by atoms with E-state index in [2.05, 4.69) is 5.10 Å². The van der Waals surface area contributed by atoms with Gasteiger partial charge in [0, 0.05) is 18.4 Å². The highest BCUT2D eigenvalue weighted by atomic mass is 19.1. The molecule has 3 rings (SSSR count). The standard InChI is InChI=1S/C20H19FN2O3/c21-17-9-5-4-8-16(17)14-26-20(25)11-10-19(24)23-13-12-18(22-23)15-6-2-1-3-7-15/h1-9H,10-14H2. The van der Waals surface area contributed by atoms with E-state index in [4.69, 9.17) is 4.74 Å². The Balaban J connectivity index is 1.46. The SMILES string of the molecule is O=C(CCC(=O)N1CCC(c2ccccc2)=N1)OCc1ccccc1F. The molecule has 2 aromatic carbocycles. The Bertz CT molecular complexity index is 821. The van der Waals surface area contributed by atoms with Gasteiger partial charge in [-0.2, -0.15) is 5.10 Å². The molecule has 1 heterocycles. The van der Waals surface area contributed by atoms with Crippen LogP contribution in [0.1, 0.15) is 30.4 Å². The fourth-order valence-corrected chi connectivity index (χ4v) is 2.65. The molecule has 0 saturated heterocycles. The van der Waals surface area contributed by atoms with Gasteiger partial charge in [0.05, 0.1) is 18.7 Å². The van der Waals surface area contributed by atoms with Crippen LogP contribution in [0, 0.1) is 5.82 Å². The maximum absolute atomic E-state index is 13.5. The van der Waals surface area contributed by atoms with Crippen LogP contribution >= 0.6 is 0 Å². The second-order valence-corrected chi connectivity index (χ2v) is 5.93. The number of carbonyl (C=O) groups is 2. The van der Waals surface area contributed by atoms with E-state index >= 15 is 0 Å². The van der Waals surface area contributed by atoms with Gasteiger partial charge in [-0.3, -0.25) is 9.59 Å². The predicted octanol–water partition coefficient (Wildman–Crippen LogP) is 3.29. The van der Waals surface area contributed by atoms with Crippen LogP contribution in [-0.2, 0) is 20.9 Å². The van der Waals surface area contributed by atoms with Gasteiger partial charge in [-0.15, -0.1) is 0 Å². The van der Waals surface area contributed by atoms with E-state index in [1.807, 2.05) is 30.3 Å². The Labute approximate surface area is 151 Å². The number of carbonyl (C=O) groups excluding carboxylic acids is 2. The van der Waals surface area contributed by atoms with Crippen molar-refractivity contribution in [1.29, 1.82) is 0 Å². The number of hydrogen-bond donors (Lipinski definition) is 0. The first kappa shape index (κ1) is 17.8. The maximum Gasteiger partial charge on any atom is 0.306 e. The summed E-state index contributed by atoms with van der Waals surface area (Å²) in [7, 11) is 0. The third kappa shape index (κ3) is 4.53. The summed E-state index contributed by atoms with van der Waals surface area (Å²) in [6.45, 7) is 0.368. The van der Waals surface area contributed by atoms with Crippen LogP contribution in [0.15, 0.2) is 59.7 Å². The quantitative estimate of drug-likeness (QED) is 0.748. The van der Waals surface area contributed by atoms with Gasteiger partial charge in [0.2, 0.25) is 5.91 Å². The fraction of sp³-hybridized carbons (Fsp3) is 0.250. The summed E-state index contributed by atoms with van der Waals surface area (Å²) in [6.07, 6.45) is 0.648. The van der Waals surface area contributed by atoms with Crippen molar-refractivity contribution in [2.45, 2.75) is 25.9 Å². The molecular formula is C20H19FN2O3. The molecule has 0 fully saturated rings. The molecule has 1 amide bonds. The first-order valence-corrected chi connectivity index (χ1v) is 8.46. The molecule has 0 aliphatic carbocycles. The summed E-state index contributed by atoms with van der Waals surface area (Å²) in [5.41, 5.74) is 2.16. The van der Waals surface area contributed by atoms with Crippen molar-refractivity contribution in [3.8, 4) is 0 Å². The van der Waals surface area contributed by atoms with E-state index in [0.717, 1.165) is 11.3 Å². The highest BCUT2D eigenvalue weighted by Gasteiger charge is 2.22. The second kappa shape index (κ2) is 8.38. The molecular weight excluding hydrogens is 335 g/mol. The smallest absolute Gasteiger partial charge is 0.306 e. The number of amides is 1. The molecule has 0 radical (unpaired) electrons.